The van der Waals surface area contributed by atoms with Gasteiger partial charge in [0.25, 0.3) is 0 Å². The third kappa shape index (κ3) is 4.85. The van der Waals surface area contributed by atoms with Gasteiger partial charge < -0.3 is 10.1 Å². The predicted molar refractivity (Wildman–Crippen MR) is 122 cm³/mol. The highest BCUT2D eigenvalue weighted by atomic mass is 32.2. The number of hydrogen-bond donors (Lipinski definition) is 1. The number of fused-ring (bicyclic) bond motifs is 1. The molecule has 2 aromatic rings. The van der Waals surface area contributed by atoms with E-state index in [9.17, 15) is 13.2 Å². The number of carbonyl (C=O) groups is 1. The lowest BCUT2D eigenvalue weighted by atomic mass is 9.83. The van der Waals surface area contributed by atoms with Crippen LogP contribution in [0, 0.1) is 0 Å². The Kier molecular flexibility index (Phi) is 6.91. The van der Waals surface area contributed by atoms with E-state index in [1.54, 1.807) is 30.3 Å². The molecule has 168 valence electrons. The van der Waals surface area contributed by atoms with Crippen LogP contribution in [0.25, 0.3) is 0 Å². The molecule has 2 aromatic carbocycles. The molecule has 0 saturated carbocycles. The van der Waals surface area contributed by atoms with Crippen molar-refractivity contribution in [2.24, 2.45) is 0 Å². The highest BCUT2D eigenvalue weighted by molar-refractivity contribution is 7.90. The number of nitrogens with one attached hydrogen (secondary N) is 1. The number of rotatable bonds is 8. The van der Waals surface area contributed by atoms with Crippen molar-refractivity contribution in [3.05, 3.63) is 60.2 Å². The fourth-order valence-corrected chi connectivity index (χ4v) is 4.96. The van der Waals surface area contributed by atoms with Gasteiger partial charge in [0.2, 0.25) is 5.91 Å². The summed E-state index contributed by atoms with van der Waals surface area (Å²) in [6.07, 6.45) is 2.26. The third-order valence-electron chi connectivity index (χ3n) is 5.89. The molecule has 1 atom stereocenters. The van der Waals surface area contributed by atoms with Crippen LogP contribution in [-0.4, -0.2) is 44.9 Å². The molecule has 0 radical (unpaired) electrons. The van der Waals surface area contributed by atoms with Crippen LogP contribution in [0.15, 0.2) is 54.6 Å². The van der Waals surface area contributed by atoms with Crippen LogP contribution in [0.1, 0.15) is 44.7 Å². The second-order valence-corrected chi connectivity index (χ2v) is 10.1. The number of carbonyl (C=O) groups excluding carboxylic acids is 1. The fourth-order valence-electron chi connectivity index (χ4n) is 3.90. The van der Waals surface area contributed by atoms with Crippen molar-refractivity contribution in [2.45, 2.75) is 44.8 Å². The van der Waals surface area contributed by atoms with Gasteiger partial charge in [0, 0.05) is 26.1 Å². The first-order valence-electron chi connectivity index (χ1n) is 10.5. The first-order chi connectivity index (χ1) is 14.7. The van der Waals surface area contributed by atoms with Gasteiger partial charge in [0.15, 0.2) is 0 Å². The number of nitrogens with zero attached hydrogens (tertiary/aromatic N) is 2. The number of anilines is 1. The lowest BCUT2D eigenvalue weighted by Crippen LogP contribution is -2.49. The lowest BCUT2D eigenvalue weighted by molar-refractivity contribution is -0.121. The van der Waals surface area contributed by atoms with Crippen LogP contribution in [0.4, 0.5) is 5.69 Å². The molecular formula is C23H31N3O4S. The monoisotopic (exact) mass is 445 g/mol. The van der Waals surface area contributed by atoms with Crippen molar-refractivity contribution in [3.63, 3.8) is 0 Å². The SMILES string of the molecule is CCC1(CC)CC(NC(=O)CN(c2ccccc2)S(=O)(=O)N(C)C)c2ccccc2O1. The summed E-state index contributed by atoms with van der Waals surface area (Å²) in [7, 11) is -0.933. The van der Waals surface area contributed by atoms with Crippen LogP contribution in [0.5, 0.6) is 5.75 Å². The van der Waals surface area contributed by atoms with E-state index in [-0.39, 0.29) is 24.1 Å². The Balaban J connectivity index is 1.87. The van der Waals surface area contributed by atoms with Gasteiger partial charge in [-0.25, -0.2) is 4.31 Å². The Morgan fingerprint density at radius 2 is 1.68 bits per heavy atom. The molecule has 0 aromatic heterocycles. The average molecular weight is 446 g/mol. The molecule has 0 aliphatic carbocycles. The highest BCUT2D eigenvalue weighted by Crippen LogP contribution is 2.42. The maximum absolute atomic E-state index is 13.1. The second kappa shape index (κ2) is 9.28. The maximum Gasteiger partial charge on any atom is 0.304 e. The quantitative estimate of drug-likeness (QED) is 0.675. The predicted octanol–water partition coefficient (Wildman–Crippen LogP) is 3.50. The number of benzene rings is 2. The average Bonchev–Trinajstić information content (AvgIpc) is 2.77. The van der Waals surface area contributed by atoms with Crippen molar-refractivity contribution >= 4 is 21.8 Å². The van der Waals surface area contributed by atoms with Gasteiger partial charge in [-0.3, -0.25) is 4.79 Å². The van der Waals surface area contributed by atoms with Gasteiger partial charge in [-0.2, -0.15) is 12.7 Å². The van der Waals surface area contributed by atoms with E-state index in [1.807, 2.05) is 24.3 Å². The van der Waals surface area contributed by atoms with Gasteiger partial charge in [-0.05, 0) is 31.0 Å². The van der Waals surface area contributed by atoms with Crippen molar-refractivity contribution in [3.8, 4) is 5.75 Å². The van der Waals surface area contributed by atoms with E-state index >= 15 is 0 Å². The Bertz CT molecular complexity index is 1000. The summed E-state index contributed by atoms with van der Waals surface area (Å²) in [5, 5.41) is 3.07. The molecule has 7 nitrogen and oxygen atoms in total. The van der Waals surface area contributed by atoms with E-state index < -0.39 is 10.2 Å². The molecule has 0 bridgehead atoms. The van der Waals surface area contributed by atoms with Crippen molar-refractivity contribution in [2.75, 3.05) is 24.9 Å². The molecule has 1 unspecified atom stereocenters. The fraction of sp³-hybridized carbons (Fsp3) is 0.435. The topological polar surface area (TPSA) is 79.0 Å². The second-order valence-electron chi connectivity index (χ2n) is 7.99. The summed E-state index contributed by atoms with van der Waals surface area (Å²) in [6.45, 7) is 3.85. The Hall–Kier alpha value is -2.58. The summed E-state index contributed by atoms with van der Waals surface area (Å²) in [5.41, 5.74) is 0.992. The van der Waals surface area contributed by atoms with Crippen molar-refractivity contribution in [1.29, 1.82) is 0 Å². The van der Waals surface area contributed by atoms with Crippen LogP contribution in [0.3, 0.4) is 0 Å². The molecule has 1 heterocycles. The molecular weight excluding hydrogens is 414 g/mol. The summed E-state index contributed by atoms with van der Waals surface area (Å²) < 4.78 is 34.3. The number of ether oxygens (including phenoxy) is 1. The zero-order valence-electron chi connectivity index (χ0n) is 18.5. The Labute approximate surface area is 185 Å². The summed E-state index contributed by atoms with van der Waals surface area (Å²) in [5.74, 6) is 0.403. The standard InChI is InChI=1S/C23H31N3O4S/c1-5-23(6-2)16-20(19-14-10-11-15-21(19)30-23)24-22(27)17-26(31(28,29)25(3)4)18-12-8-7-9-13-18/h7-15,20H,5-6,16-17H2,1-4H3,(H,24,27). The Morgan fingerprint density at radius 3 is 2.29 bits per heavy atom. The van der Waals surface area contributed by atoms with Crippen LogP contribution >= 0.6 is 0 Å². The van der Waals surface area contributed by atoms with Crippen molar-refractivity contribution < 1.29 is 17.9 Å². The molecule has 1 aliphatic heterocycles. The highest BCUT2D eigenvalue weighted by Gasteiger charge is 2.39. The lowest BCUT2D eigenvalue weighted by Gasteiger charge is -2.41. The summed E-state index contributed by atoms with van der Waals surface area (Å²) in [4.78, 5) is 13.1. The molecule has 1 N–H and O–H groups in total. The van der Waals surface area contributed by atoms with Crippen molar-refractivity contribution in [1.82, 2.24) is 9.62 Å². The zero-order chi connectivity index (χ0) is 22.6. The van der Waals surface area contributed by atoms with Crippen LogP contribution < -0.4 is 14.4 Å². The minimum absolute atomic E-state index is 0.253. The van der Waals surface area contributed by atoms with E-state index in [2.05, 4.69) is 19.2 Å². The molecule has 3 rings (SSSR count). The normalized spacial score (nSPS) is 17.5. The Morgan fingerprint density at radius 1 is 1.06 bits per heavy atom. The number of hydrogen-bond acceptors (Lipinski definition) is 4. The number of para-hydroxylation sites is 2. The van der Waals surface area contributed by atoms with E-state index in [0.717, 1.165) is 32.8 Å². The molecule has 1 amide bonds. The molecule has 0 spiro atoms. The molecule has 0 saturated heterocycles. The van der Waals surface area contributed by atoms with E-state index in [0.29, 0.717) is 12.1 Å². The minimum atomic E-state index is -3.84. The number of amides is 1. The summed E-state index contributed by atoms with van der Waals surface area (Å²) in [6, 6.07) is 16.1. The van der Waals surface area contributed by atoms with Gasteiger partial charge >= 0.3 is 10.2 Å². The minimum Gasteiger partial charge on any atom is -0.487 e. The molecule has 8 heteroatoms. The third-order valence-corrected chi connectivity index (χ3v) is 7.71. The summed E-state index contributed by atoms with van der Waals surface area (Å²) >= 11 is 0. The van der Waals surface area contributed by atoms with Gasteiger partial charge in [0.05, 0.1) is 11.7 Å². The molecule has 1 aliphatic rings. The van der Waals surface area contributed by atoms with E-state index in [1.165, 1.54) is 14.1 Å². The maximum atomic E-state index is 13.1. The van der Waals surface area contributed by atoms with Gasteiger partial charge in [-0.1, -0.05) is 50.2 Å². The first-order valence-corrected chi connectivity index (χ1v) is 11.9. The van der Waals surface area contributed by atoms with Gasteiger partial charge in [-0.15, -0.1) is 0 Å². The first kappa shape index (κ1) is 23.1. The molecule has 31 heavy (non-hydrogen) atoms. The van der Waals surface area contributed by atoms with Crippen LogP contribution in [-0.2, 0) is 15.0 Å². The smallest absolute Gasteiger partial charge is 0.304 e. The largest absolute Gasteiger partial charge is 0.487 e. The van der Waals surface area contributed by atoms with Crippen LogP contribution in [0.2, 0.25) is 0 Å². The molecule has 0 fully saturated rings. The van der Waals surface area contributed by atoms with E-state index in [4.69, 9.17) is 4.74 Å². The zero-order valence-corrected chi connectivity index (χ0v) is 19.4. The van der Waals surface area contributed by atoms with Gasteiger partial charge in [0.1, 0.15) is 17.9 Å².